The first-order valence-electron chi connectivity index (χ1n) is 9.68. The Bertz CT molecular complexity index is 1250. The number of rotatable bonds is 5. The molecule has 0 saturated heterocycles. The van der Waals surface area contributed by atoms with Gasteiger partial charge in [0.25, 0.3) is 5.56 Å². The van der Waals surface area contributed by atoms with E-state index in [1.807, 2.05) is 32.2 Å². The molecule has 1 aliphatic carbocycles. The molecular weight excluding hydrogens is 366 g/mol. The van der Waals surface area contributed by atoms with Crippen LogP contribution in [0, 0.1) is 6.92 Å². The van der Waals surface area contributed by atoms with Crippen molar-refractivity contribution in [1.29, 1.82) is 0 Å². The predicted molar refractivity (Wildman–Crippen MR) is 109 cm³/mol. The summed E-state index contributed by atoms with van der Waals surface area (Å²) in [5.74, 6) is 2.21. The molecule has 1 aromatic carbocycles. The number of aryl methyl sites for hydroxylation is 2. The maximum Gasteiger partial charge on any atom is 0.258 e. The SMILES string of the molecule is Cc1cnc(COc2ccn(-c3ccc4nc(C5CC5)n(C)c4c3)c(=O)c2)cn1. The second-order valence-corrected chi connectivity index (χ2v) is 7.48. The molecule has 7 nitrogen and oxygen atoms in total. The Kier molecular flexibility index (Phi) is 4.16. The zero-order valence-electron chi connectivity index (χ0n) is 16.4. The highest BCUT2D eigenvalue weighted by molar-refractivity contribution is 5.78. The van der Waals surface area contributed by atoms with Crippen molar-refractivity contribution in [1.82, 2.24) is 24.1 Å². The topological polar surface area (TPSA) is 74.8 Å². The van der Waals surface area contributed by atoms with Crippen molar-refractivity contribution in [3.8, 4) is 11.4 Å². The second-order valence-electron chi connectivity index (χ2n) is 7.48. The van der Waals surface area contributed by atoms with E-state index in [-0.39, 0.29) is 12.2 Å². The van der Waals surface area contributed by atoms with Gasteiger partial charge in [0, 0.05) is 31.4 Å². The van der Waals surface area contributed by atoms with Crippen LogP contribution in [0.5, 0.6) is 5.75 Å². The van der Waals surface area contributed by atoms with Gasteiger partial charge >= 0.3 is 0 Å². The predicted octanol–water partition coefficient (Wildman–Crippen LogP) is 3.28. The van der Waals surface area contributed by atoms with E-state index in [0.717, 1.165) is 28.2 Å². The normalized spacial score (nSPS) is 13.7. The van der Waals surface area contributed by atoms with Gasteiger partial charge in [-0.1, -0.05) is 0 Å². The summed E-state index contributed by atoms with van der Waals surface area (Å²) < 4.78 is 9.45. The van der Waals surface area contributed by atoms with Crippen molar-refractivity contribution in [2.75, 3.05) is 0 Å². The van der Waals surface area contributed by atoms with Crippen molar-refractivity contribution in [2.45, 2.75) is 32.3 Å². The molecule has 4 aromatic rings. The van der Waals surface area contributed by atoms with Gasteiger partial charge < -0.3 is 9.30 Å². The van der Waals surface area contributed by atoms with Gasteiger partial charge in [0.2, 0.25) is 0 Å². The number of hydrogen-bond donors (Lipinski definition) is 0. The van der Waals surface area contributed by atoms with E-state index in [0.29, 0.717) is 17.4 Å². The number of pyridine rings is 1. The summed E-state index contributed by atoms with van der Waals surface area (Å²) >= 11 is 0. The number of nitrogens with zero attached hydrogens (tertiary/aromatic N) is 5. The van der Waals surface area contributed by atoms with Gasteiger partial charge in [0.1, 0.15) is 18.2 Å². The number of imidazole rings is 1. The van der Waals surface area contributed by atoms with Crippen LogP contribution in [0.2, 0.25) is 0 Å². The molecule has 0 unspecified atom stereocenters. The van der Waals surface area contributed by atoms with E-state index < -0.39 is 0 Å². The fourth-order valence-corrected chi connectivity index (χ4v) is 3.47. The molecule has 3 heterocycles. The first-order chi connectivity index (χ1) is 14.1. The van der Waals surface area contributed by atoms with Crippen LogP contribution in [0.1, 0.15) is 36.0 Å². The third kappa shape index (κ3) is 3.40. The summed E-state index contributed by atoms with van der Waals surface area (Å²) in [6.45, 7) is 2.15. The smallest absolute Gasteiger partial charge is 0.258 e. The quantitative estimate of drug-likeness (QED) is 0.525. The van der Waals surface area contributed by atoms with Crippen LogP contribution in [-0.2, 0) is 13.7 Å². The molecule has 146 valence electrons. The average molecular weight is 387 g/mol. The summed E-state index contributed by atoms with van der Waals surface area (Å²) in [5, 5.41) is 0. The standard InChI is InChI=1S/C22H21N5O2/c1-14-11-24-16(12-23-14)13-29-18-7-8-27(21(28)10-18)17-5-6-19-20(9-17)26(2)22(25-19)15-3-4-15/h5-12,15H,3-4,13H2,1-2H3. The van der Waals surface area contributed by atoms with Crippen LogP contribution in [0.15, 0.2) is 53.7 Å². The Hall–Kier alpha value is -3.48. The van der Waals surface area contributed by atoms with E-state index in [4.69, 9.17) is 9.72 Å². The Morgan fingerprint density at radius 3 is 2.72 bits per heavy atom. The van der Waals surface area contributed by atoms with Crippen molar-refractivity contribution in [2.24, 2.45) is 7.05 Å². The highest BCUT2D eigenvalue weighted by atomic mass is 16.5. The Morgan fingerprint density at radius 1 is 1.14 bits per heavy atom. The fourth-order valence-electron chi connectivity index (χ4n) is 3.47. The highest BCUT2D eigenvalue weighted by Crippen LogP contribution is 2.40. The van der Waals surface area contributed by atoms with Gasteiger partial charge in [-0.2, -0.15) is 0 Å². The van der Waals surface area contributed by atoms with Crippen LogP contribution in [0.25, 0.3) is 16.7 Å². The van der Waals surface area contributed by atoms with Crippen LogP contribution >= 0.6 is 0 Å². The molecule has 5 rings (SSSR count). The lowest BCUT2D eigenvalue weighted by atomic mass is 10.2. The third-order valence-electron chi connectivity index (χ3n) is 5.23. The lowest BCUT2D eigenvalue weighted by Gasteiger charge is -2.09. The number of aromatic nitrogens is 5. The van der Waals surface area contributed by atoms with E-state index in [2.05, 4.69) is 14.5 Å². The summed E-state index contributed by atoms with van der Waals surface area (Å²) in [6, 6.07) is 9.19. The molecule has 0 radical (unpaired) electrons. The van der Waals surface area contributed by atoms with E-state index in [1.54, 1.807) is 29.2 Å². The van der Waals surface area contributed by atoms with Gasteiger partial charge in [0.05, 0.1) is 34.3 Å². The molecule has 0 bridgehead atoms. The first-order valence-corrected chi connectivity index (χ1v) is 9.68. The van der Waals surface area contributed by atoms with Crippen molar-refractivity contribution >= 4 is 11.0 Å². The molecule has 29 heavy (non-hydrogen) atoms. The molecule has 0 N–H and O–H groups in total. The lowest BCUT2D eigenvalue weighted by molar-refractivity contribution is 0.299. The number of hydrogen-bond acceptors (Lipinski definition) is 5. The van der Waals surface area contributed by atoms with Crippen LogP contribution < -0.4 is 10.3 Å². The van der Waals surface area contributed by atoms with Gasteiger partial charge in [-0.25, -0.2) is 4.98 Å². The maximum atomic E-state index is 12.7. The molecular formula is C22H21N5O2. The zero-order valence-corrected chi connectivity index (χ0v) is 16.4. The van der Waals surface area contributed by atoms with Crippen LogP contribution in [0.3, 0.4) is 0 Å². The lowest BCUT2D eigenvalue weighted by Crippen LogP contribution is -2.16. The molecule has 0 amide bonds. The minimum absolute atomic E-state index is 0.151. The second kappa shape index (κ2) is 6.84. The maximum absolute atomic E-state index is 12.7. The Morgan fingerprint density at radius 2 is 2.00 bits per heavy atom. The molecule has 0 aliphatic heterocycles. The minimum atomic E-state index is -0.151. The van der Waals surface area contributed by atoms with E-state index >= 15 is 0 Å². The summed E-state index contributed by atoms with van der Waals surface area (Å²) in [5.41, 5.74) is 4.23. The average Bonchev–Trinajstić information content (AvgIpc) is 3.52. The molecule has 3 aromatic heterocycles. The summed E-state index contributed by atoms with van der Waals surface area (Å²) in [4.78, 5) is 25.9. The summed E-state index contributed by atoms with van der Waals surface area (Å²) in [7, 11) is 2.04. The summed E-state index contributed by atoms with van der Waals surface area (Å²) in [6.07, 6.45) is 7.52. The molecule has 7 heteroatoms. The van der Waals surface area contributed by atoms with E-state index in [1.165, 1.54) is 18.9 Å². The molecule has 1 fully saturated rings. The van der Waals surface area contributed by atoms with Crippen LogP contribution in [-0.4, -0.2) is 24.1 Å². The van der Waals surface area contributed by atoms with Gasteiger partial charge in [-0.05, 0) is 44.0 Å². The van der Waals surface area contributed by atoms with E-state index in [9.17, 15) is 4.79 Å². The first kappa shape index (κ1) is 17.6. The Balaban J connectivity index is 1.40. The van der Waals surface area contributed by atoms with Crippen molar-refractivity contribution in [3.63, 3.8) is 0 Å². The minimum Gasteiger partial charge on any atom is -0.487 e. The van der Waals surface area contributed by atoms with Gasteiger partial charge in [0.15, 0.2) is 0 Å². The number of ether oxygens (including phenoxy) is 1. The van der Waals surface area contributed by atoms with Gasteiger partial charge in [-0.3, -0.25) is 19.3 Å². The molecule has 1 aliphatic rings. The highest BCUT2D eigenvalue weighted by Gasteiger charge is 2.28. The molecule has 1 saturated carbocycles. The number of benzene rings is 1. The number of fused-ring (bicyclic) bond motifs is 1. The molecule has 0 atom stereocenters. The zero-order chi connectivity index (χ0) is 20.0. The van der Waals surface area contributed by atoms with Crippen LogP contribution in [0.4, 0.5) is 0 Å². The van der Waals surface area contributed by atoms with Crippen molar-refractivity contribution in [3.05, 3.63) is 76.5 Å². The Labute approximate surface area is 167 Å². The third-order valence-corrected chi connectivity index (χ3v) is 5.23. The largest absolute Gasteiger partial charge is 0.487 e. The monoisotopic (exact) mass is 387 g/mol. The van der Waals surface area contributed by atoms with Crippen molar-refractivity contribution < 1.29 is 4.74 Å². The fraction of sp³-hybridized carbons (Fsp3) is 0.273. The molecule has 0 spiro atoms. The van der Waals surface area contributed by atoms with Gasteiger partial charge in [-0.15, -0.1) is 0 Å².